The summed E-state index contributed by atoms with van der Waals surface area (Å²) in [6, 6.07) is 5.45. The summed E-state index contributed by atoms with van der Waals surface area (Å²) >= 11 is 2.14. The molecule has 0 bridgehead atoms. The second-order valence-electron chi connectivity index (χ2n) is 8.04. The minimum absolute atomic E-state index is 0.00835. The Hall–Kier alpha value is -3.58. The molecule has 2 amide bonds. The van der Waals surface area contributed by atoms with Crippen LogP contribution in [0.4, 0.5) is 5.00 Å². The predicted molar refractivity (Wildman–Crippen MR) is 142 cm³/mol. The van der Waals surface area contributed by atoms with E-state index in [0.717, 1.165) is 16.9 Å². The largest absolute Gasteiger partial charge is 0.493 e. The quantitative estimate of drug-likeness (QED) is 0.270. The Morgan fingerprint density at radius 1 is 1.16 bits per heavy atom. The first kappa shape index (κ1) is 28.0. The van der Waals surface area contributed by atoms with Gasteiger partial charge in [0.25, 0.3) is 5.91 Å². The van der Waals surface area contributed by atoms with Crippen LogP contribution in [-0.2, 0) is 16.1 Å². The lowest BCUT2D eigenvalue weighted by atomic mass is 10.1. The lowest BCUT2D eigenvalue weighted by Gasteiger charge is -2.11. The Bertz CT molecular complexity index is 1320. The van der Waals surface area contributed by atoms with E-state index in [0.29, 0.717) is 34.6 Å². The first-order valence-corrected chi connectivity index (χ1v) is 13.1. The maximum absolute atomic E-state index is 12.8. The Morgan fingerprint density at radius 2 is 1.86 bits per heavy atom. The first-order valence-electron chi connectivity index (χ1n) is 11.3. The summed E-state index contributed by atoms with van der Waals surface area (Å²) in [4.78, 5) is 37.5. The number of thiophene rings is 1. The van der Waals surface area contributed by atoms with E-state index in [1.54, 1.807) is 41.1 Å². The number of hydrogen-bond acceptors (Lipinski definition) is 10. The Kier molecular flexibility index (Phi) is 9.16. The standard InChI is InChI=1S/C24H29N5O6S2/c1-7-29-21(14-8-9-15(33-5)16(10-14)34-6)27-28-24(29)36-11-17(30)26-22-18(23(32)35-12(2)3)13(4)19(37-22)20(25)31/h8-10,12H,7,11H2,1-6H3,(H2,25,31)(H,26,30). The lowest BCUT2D eigenvalue weighted by Crippen LogP contribution is -2.18. The van der Waals surface area contributed by atoms with Crippen LogP contribution in [0.3, 0.4) is 0 Å². The predicted octanol–water partition coefficient (Wildman–Crippen LogP) is 3.75. The van der Waals surface area contributed by atoms with Crippen molar-refractivity contribution in [2.24, 2.45) is 5.73 Å². The smallest absolute Gasteiger partial charge is 0.341 e. The number of hydrogen-bond donors (Lipinski definition) is 2. The summed E-state index contributed by atoms with van der Waals surface area (Å²) < 4.78 is 17.9. The van der Waals surface area contributed by atoms with Gasteiger partial charge in [0.2, 0.25) is 5.91 Å². The lowest BCUT2D eigenvalue weighted by molar-refractivity contribution is -0.113. The molecule has 0 fully saturated rings. The van der Waals surface area contributed by atoms with Crippen LogP contribution >= 0.6 is 23.1 Å². The zero-order valence-electron chi connectivity index (χ0n) is 21.4. The molecule has 37 heavy (non-hydrogen) atoms. The van der Waals surface area contributed by atoms with Gasteiger partial charge in [0.15, 0.2) is 22.5 Å². The van der Waals surface area contributed by atoms with Gasteiger partial charge in [0, 0.05) is 12.1 Å². The summed E-state index contributed by atoms with van der Waals surface area (Å²) in [5.74, 6) is 0.0575. The SMILES string of the molecule is CCn1c(SCC(=O)Nc2sc(C(N)=O)c(C)c2C(=O)OC(C)C)nnc1-c1ccc(OC)c(OC)c1. The molecule has 1 aromatic carbocycles. The van der Waals surface area contributed by atoms with Gasteiger partial charge < -0.3 is 29.8 Å². The zero-order chi connectivity index (χ0) is 27.3. The number of carbonyl (C=O) groups is 3. The minimum Gasteiger partial charge on any atom is -0.493 e. The van der Waals surface area contributed by atoms with Gasteiger partial charge in [0.05, 0.1) is 36.5 Å². The minimum atomic E-state index is -0.685. The van der Waals surface area contributed by atoms with Gasteiger partial charge >= 0.3 is 5.97 Å². The monoisotopic (exact) mass is 547 g/mol. The topological polar surface area (TPSA) is 148 Å². The van der Waals surface area contributed by atoms with Crippen LogP contribution in [-0.4, -0.2) is 58.6 Å². The maximum atomic E-state index is 12.8. The second kappa shape index (κ2) is 12.1. The molecule has 0 saturated heterocycles. The van der Waals surface area contributed by atoms with E-state index in [2.05, 4.69) is 15.5 Å². The van der Waals surface area contributed by atoms with Crippen LogP contribution in [0.5, 0.6) is 11.5 Å². The normalized spacial score (nSPS) is 10.9. The fourth-order valence-electron chi connectivity index (χ4n) is 3.52. The Labute approximate surface area is 222 Å². The van der Waals surface area contributed by atoms with Crippen molar-refractivity contribution in [3.05, 3.63) is 34.2 Å². The molecule has 3 aromatic rings. The number of carbonyl (C=O) groups excluding carboxylic acids is 3. The average molecular weight is 548 g/mol. The number of rotatable bonds is 11. The van der Waals surface area contributed by atoms with Gasteiger partial charge in [-0.25, -0.2) is 4.79 Å². The van der Waals surface area contributed by atoms with Gasteiger partial charge in [-0.1, -0.05) is 11.8 Å². The molecule has 3 rings (SSSR count). The fraction of sp³-hybridized carbons (Fsp3) is 0.375. The number of nitrogens with one attached hydrogen (secondary N) is 1. The highest BCUT2D eigenvalue weighted by molar-refractivity contribution is 7.99. The van der Waals surface area contributed by atoms with E-state index in [4.69, 9.17) is 19.9 Å². The highest BCUT2D eigenvalue weighted by Crippen LogP contribution is 2.35. The number of anilines is 1. The number of primary amides is 1. The van der Waals surface area contributed by atoms with Crippen LogP contribution in [0.15, 0.2) is 23.4 Å². The number of benzene rings is 1. The molecule has 0 unspecified atom stereocenters. The molecule has 11 nitrogen and oxygen atoms in total. The number of nitrogens with two attached hydrogens (primary N) is 1. The fourth-order valence-corrected chi connectivity index (χ4v) is 5.38. The van der Waals surface area contributed by atoms with Crippen molar-refractivity contribution in [3.63, 3.8) is 0 Å². The average Bonchev–Trinajstić information content (AvgIpc) is 3.42. The highest BCUT2D eigenvalue weighted by atomic mass is 32.2. The summed E-state index contributed by atoms with van der Waals surface area (Å²) in [5.41, 5.74) is 6.73. The van der Waals surface area contributed by atoms with Crippen molar-refractivity contribution in [1.29, 1.82) is 0 Å². The summed E-state index contributed by atoms with van der Waals surface area (Å²) in [6.07, 6.45) is -0.372. The van der Waals surface area contributed by atoms with Crippen molar-refractivity contribution >= 4 is 45.9 Å². The molecular formula is C24H29N5O6S2. The van der Waals surface area contributed by atoms with E-state index in [1.165, 1.54) is 11.8 Å². The van der Waals surface area contributed by atoms with Crippen LogP contribution < -0.4 is 20.5 Å². The molecule has 0 radical (unpaired) electrons. The van der Waals surface area contributed by atoms with E-state index in [9.17, 15) is 14.4 Å². The zero-order valence-corrected chi connectivity index (χ0v) is 23.0. The van der Waals surface area contributed by atoms with Crippen LogP contribution in [0.2, 0.25) is 0 Å². The molecular weight excluding hydrogens is 518 g/mol. The molecule has 0 aliphatic carbocycles. The van der Waals surface area contributed by atoms with Crippen molar-refractivity contribution in [1.82, 2.24) is 14.8 Å². The van der Waals surface area contributed by atoms with Crippen molar-refractivity contribution in [3.8, 4) is 22.9 Å². The number of amides is 2. The van der Waals surface area contributed by atoms with E-state index in [-0.39, 0.29) is 33.2 Å². The molecule has 0 saturated carbocycles. The van der Waals surface area contributed by atoms with Crippen LogP contribution in [0.25, 0.3) is 11.4 Å². The van der Waals surface area contributed by atoms with E-state index >= 15 is 0 Å². The van der Waals surface area contributed by atoms with Gasteiger partial charge in [0.1, 0.15) is 5.00 Å². The van der Waals surface area contributed by atoms with Crippen molar-refractivity contribution < 1.29 is 28.6 Å². The Morgan fingerprint density at radius 3 is 2.46 bits per heavy atom. The van der Waals surface area contributed by atoms with Crippen molar-refractivity contribution in [2.75, 3.05) is 25.3 Å². The van der Waals surface area contributed by atoms with E-state index < -0.39 is 11.9 Å². The molecule has 13 heteroatoms. The summed E-state index contributed by atoms with van der Waals surface area (Å²) in [6.45, 7) is 7.53. The number of methoxy groups -OCH3 is 2. The molecule has 2 heterocycles. The molecule has 198 valence electrons. The van der Waals surface area contributed by atoms with Crippen LogP contribution in [0, 0.1) is 6.92 Å². The van der Waals surface area contributed by atoms with Gasteiger partial charge in [-0.05, 0) is 51.5 Å². The number of esters is 1. The number of thioether (sulfide) groups is 1. The van der Waals surface area contributed by atoms with Gasteiger partial charge in [-0.15, -0.1) is 21.5 Å². The third-order valence-electron chi connectivity index (χ3n) is 5.18. The molecule has 0 atom stereocenters. The summed E-state index contributed by atoms with van der Waals surface area (Å²) in [5, 5.41) is 12.0. The Balaban J connectivity index is 1.79. The third-order valence-corrected chi connectivity index (χ3v) is 7.37. The maximum Gasteiger partial charge on any atom is 0.341 e. The van der Waals surface area contributed by atoms with Gasteiger partial charge in [-0.3, -0.25) is 9.59 Å². The van der Waals surface area contributed by atoms with Gasteiger partial charge in [-0.2, -0.15) is 0 Å². The summed E-state index contributed by atoms with van der Waals surface area (Å²) in [7, 11) is 3.12. The third kappa shape index (κ3) is 6.23. The number of aromatic nitrogens is 3. The molecule has 0 aliphatic rings. The number of ether oxygens (including phenoxy) is 3. The second-order valence-corrected chi connectivity index (χ2v) is 10.00. The number of nitrogens with zero attached hydrogens (tertiary/aromatic N) is 3. The van der Waals surface area contributed by atoms with Crippen LogP contribution in [0.1, 0.15) is 46.4 Å². The molecule has 0 spiro atoms. The highest BCUT2D eigenvalue weighted by Gasteiger charge is 2.26. The molecule has 3 N–H and O–H groups in total. The van der Waals surface area contributed by atoms with E-state index in [1.807, 2.05) is 23.6 Å². The van der Waals surface area contributed by atoms with Crippen molar-refractivity contribution in [2.45, 2.75) is 45.5 Å². The molecule has 2 aromatic heterocycles. The molecule has 0 aliphatic heterocycles. The first-order chi connectivity index (χ1) is 17.6.